The van der Waals surface area contributed by atoms with E-state index in [2.05, 4.69) is 24.3 Å². The van der Waals surface area contributed by atoms with Gasteiger partial charge in [0.15, 0.2) is 0 Å². The molecule has 1 unspecified atom stereocenters. The van der Waals surface area contributed by atoms with Crippen molar-refractivity contribution in [3.05, 3.63) is 24.3 Å². The van der Waals surface area contributed by atoms with Gasteiger partial charge in [-0.25, -0.2) is 4.21 Å². The lowest BCUT2D eigenvalue weighted by Crippen LogP contribution is -1.75. The van der Waals surface area contributed by atoms with Crippen LogP contribution >= 0.6 is 0 Å². The quantitative estimate of drug-likeness (QED) is 0.580. The summed E-state index contributed by atoms with van der Waals surface area (Å²) in [4.78, 5) is 0. The number of fused-ring (bicyclic) bond motifs is 1. The molecule has 0 radical (unpaired) electrons. The summed E-state index contributed by atoms with van der Waals surface area (Å²) < 4.78 is 24.1. The van der Waals surface area contributed by atoms with Crippen LogP contribution in [0.1, 0.15) is 0 Å². The molecule has 3 nitrogen and oxygen atoms in total. The maximum atomic E-state index is 8.56. The van der Waals surface area contributed by atoms with Gasteiger partial charge in [-0.3, -0.25) is 0 Å². The third kappa shape index (κ3) is 2.26. The van der Waals surface area contributed by atoms with Gasteiger partial charge in [0.25, 0.3) is 0 Å². The minimum Gasteiger partial charge on any atom is -0.750 e. The van der Waals surface area contributed by atoms with Crippen LogP contribution in [-0.4, -0.2) is 13.3 Å². The molecular formula is C6H5O3S-. The zero-order valence-corrected chi connectivity index (χ0v) is 5.80. The van der Waals surface area contributed by atoms with E-state index in [1.807, 2.05) is 0 Å². The monoisotopic (exact) mass is 157 g/mol. The van der Waals surface area contributed by atoms with Crippen molar-refractivity contribution >= 4 is 11.4 Å². The topological polar surface area (TPSA) is 60.4 Å². The molecule has 4 heteroatoms. The first kappa shape index (κ1) is 7.40. The van der Waals surface area contributed by atoms with Crippen molar-refractivity contribution in [3.63, 3.8) is 0 Å². The first-order valence-corrected chi connectivity index (χ1v) is 3.62. The van der Waals surface area contributed by atoms with Crippen LogP contribution in [0, 0.1) is 0 Å². The molecule has 0 fully saturated rings. The Morgan fingerprint density at radius 2 is 1.80 bits per heavy atom. The lowest BCUT2D eigenvalue weighted by Gasteiger charge is -1.83. The maximum absolute atomic E-state index is 8.56. The normalized spacial score (nSPS) is 13.0. The van der Waals surface area contributed by atoms with E-state index < -0.39 is 11.4 Å². The van der Waals surface area contributed by atoms with E-state index in [0.29, 0.717) is 0 Å². The third-order valence-electron chi connectivity index (χ3n) is 1.11. The van der Waals surface area contributed by atoms with Gasteiger partial charge in [-0.1, -0.05) is 18.2 Å². The Labute approximate surface area is 60.8 Å². The zero-order chi connectivity index (χ0) is 7.56. The summed E-state index contributed by atoms with van der Waals surface area (Å²) in [6.45, 7) is 0. The molecule has 1 N–H and O–H groups in total. The molecule has 2 aliphatic carbocycles. The van der Waals surface area contributed by atoms with Crippen LogP contribution in [0.4, 0.5) is 0 Å². The average molecular weight is 157 g/mol. The molecule has 0 aliphatic heterocycles. The van der Waals surface area contributed by atoms with Crippen LogP contribution < -0.4 is 0 Å². The van der Waals surface area contributed by atoms with E-state index >= 15 is 0 Å². The van der Waals surface area contributed by atoms with E-state index in [1.165, 1.54) is 11.1 Å². The summed E-state index contributed by atoms with van der Waals surface area (Å²) in [5.41, 5.74) is 2.85. The maximum Gasteiger partial charge on any atom is 0.0814 e. The zero-order valence-electron chi connectivity index (χ0n) is 4.98. The van der Waals surface area contributed by atoms with Crippen molar-refractivity contribution in [2.75, 3.05) is 0 Å². The number of rotatable bonds is 0. The highest BCUT2D eigenvalue weighted by molar-refractivity contribution is 7.73. The Balaban J connectivity index is 0.000000112. The molecular weight excluding hydrogens is 152 g/mol. The predicted octanol–water partition coefficient (Wildman–Crippen LogP) is 1.01. The molecule has 0 amide bonds. The van der Waals surface area contributed by atoms with Crippen LogP contribution in [0.15, 0.2) is 24.3 Å². The molecule has 0 aromatic heterocycles. The summed E-state index contributed by atoms with van der Waals surface area (Å²) in [6.07, 6.45) is 0. The molecule has 54 valence electrons. The Kier molecular flexibility index (Phi) is 2.16. The van der Waals surface area contributed by atoms with Gasteiger partial charge in [0.1, 0.15) is 0 Å². The lowest BCUT2D eigenvalue weighted by molar-refractivity contribution is 0.436. The summed E-state index contributed by atoms with van der Waals surface area (Å²) in [7, 11) is 0. The van der Waals surface area contributed by atoms with Crippen molar-refractivity contribution in [2.24, 2.45) is 0 Å². The minimum atomic E-state index is -2.86. The molecule has 0 saturated heterocycles. The highest BCUT2D eigenvalue weighted by Crippen LogP contribution is 2.32. The van der Waals surface area contributed by atoms with Gasteiger partial charge >= 0.3 is 0 Å². The van der Waals surface area contributed by atoms with Crippen molar-refractivity contribution in [2.45, 2.75) is 0 Å². The van der Waals surface area contributed by atoms with E-state index in [-0.39, 0.29) is 0 Å². The molecule has 0 bridgehead atoms. The highest BCUT2D eigenvalue weighted by Gasteiger charge is 2.06. The Morgan fingerprint density at radius 3 is 1.90 bits per heavy atom. The van der Waals surface area contributed by atoms with E-state index in [4.69, 9.17) is 13.3 Å². The Hall–Kier alpha value is -0.710. The summed E-state index contributed by atoms with van der Waals surface area (Å²) in [6, 6.07) is 8.48. The molecule has 2 aliphatic rings. The molecule has 0 spiro atoms. The standard InChI is InChI=1S/C6H4.H2O3S/c1-2-5-4-6(5)3-1;1-4(2)3/h1-4H;(H2,1,2,3)/p-1. The predicted molar refractivity (Wildman–Crippen MR) is 37.0 cm³/mol. The molecule has 1 atom stereocenters. The number of benzene rings is 1. The second-order valence-electron chi connectivity index (χ2n) is 1.80. The van der Waals surface area contributed by atoms with Crippen molar-refractivity contribution in [3.8, 4) is 11.1 Å². The van der Waals surface area contributed by atoms with Gasteiger partial charge < -0.3 is 9.11 Å². The fraction of sp³-hybridized carbons (Fsp3) is 0. The van der Waals surface area contributed by atoms with Gasteiger partial charge in [-0.15, -0.1) is 0 Å². The van der Waals surface area contributed by atoms with Gasteiger partial charge in [0.05, 0.1) is 11.4 Å². The van der Waals surface area contributed by atoms with Crippen LogP contribution in [0.3, 0.4) is 0 Å². The first-order chi connectivity index (χ1) is 4.70. The first-order valence-electron chi connectivity index (χ1n) is 2.59. The van der Waals surface area contributed by atoms with Crippen LogP contribution in [-0.2, 0) is 11.4 Å². The fourth-order valence-corrected chi connectivity index (χ4v) is 0.676. The molecule has 0 aromatic rings. The van der Waals surface area contributed by atoms with Gasteiger partial charge in [0, 0.05) is 0 Å². The van der Waals surface area contributed by atoms with Gasteiger partial charge in [-0.05, 0) is 17.2 Å². The van der Waals surface area contributed by atoms with Gasteiger partial charge in [0.2, 0.25) is 0 Å². The summed E-state index contributed by atoms with van der Waals surface area (Å²) in [5, 5.41) is 0. The number of hydrogen-bond acceptors (Lipinski definition) is 2. The summed E-state index contributed by atoms with van der Waals surface area (Å²) in [5.74, 6) is 0. The van der Waals surface area contributed by atoms with Crippen LogP contribution in [0.25, 0.3) is 11.1 Å². The molecule has 2 rings (SSSR count). The lowest BCUT2D eigenvalue weighted by atomic mass is 10.6. The minimum absolute atomic E-state index is 1.43. The molecule has 0 heterocycles. The smallest absolute Gasteiger partial charge is 0.0814 e. The molecule has 0 saturated carbocycles. The Morgan fingerprint density at radius 1 is 1.40 bits per heavy atom. The second-order valence-corrected chi connectivity index (χ2v) is 2.23. The van der Waals surface area contributed by atoms with Crippen molar-refractivity contribution in [1.82, 2.24) is 0 Å². The summed E-state index contributed by atoms with van der Waals surface area (Å²) >= 11 is -2.86. The molecule has 10 heavy (non-hydrogen) atoms. The second kappa shape index (κ2) is 2.92. The molecule has 0 aromatic carbocycles. The van der Waals surface area contributed by atoms with Crippen LogP contribution in [0.2, 0.25) is 0 Å². The Bertz CT molecular complexity index is 238. The fourth-order valence-electron chi connectivity index (χ4n) is 0.676. The van der Waals surface area contributed by atoms with E-state index in [0.717, 1.165) is 0 Å². The van der Waals surface area contributed by atoms with Crippen LogP contribution in [0.5, 0.6) is 0 Å². The van der Waals surface area contributed by atoms with Crippen molar-refractivity contribution in [1.29, 1.82) is 0 Å². The average Bonchev–Trinajstić information content (AvgIpc) is 2.40. The largest absolute Gasteiger partial charge is 0.750 e. The highest BCUT2D eigenvalue weighted by atomic mass is 32.2. The van der Waals surface area contributed by atoms with Crippen molar-refractivity contribution < 1.29 is 13.3 Å². The third-order valence-corrected chi connectivity index (χ3v) is 1.11. The van der Waals surface area contributed by atoms with Gasteiger partial charge in [-0.2, -0.15) is 0 Å². The number of hydrogen-bond donors (Lipinski definition) is 1. The van der Waals surface area contributed by atoms with E-state index in [9.17, 15) is 0 Å². The SMILES string of the molecule is O=S([O-])O.c1cc2cc-2c1. The van der Waals surface area contributed by atoms with E-state index in [1.54, 1.807) is 0 Å².